The number of piperidine rings is 1. The van der Waals surface area contributed by atoms with Gasteiger partial charge in [0.2, 0.25) is 5.95 Å². The highest BCUT2D eigenvalue weighted by Gasteiger charge is 2.23. The zero-order valence-corrected chi connectivity index (χ0v) is 17.4. The smallest absolute Gasteiger partial charge is 0.227 e. The predicted molar refractivity (Wildman–Crippen MR) is 124 cm³/mol. The fraction of sp³-hybridized carbons (Fsp3) is 0.360. The van der Waals surface area contributed by atoms with E-state index in [9.17, 15) is 0 Å². The lowest BCUT2D eigenvalue weighted by atomic mass is 9.90. The maximum absolute atomic E-state index is 4.94. The molecule has 0 saturated carbocycles. The number of benzene rings is 2. The number of nitrogens with zero attached hydrogens (tertiary/aromatic N) is 5. The van der Waals surface area contributed by atoms with Crippen LogP contribution in [-0.4, -0.2) is 49.2 Å². The molecule has 0 spiro atoms. The van der Waals surface area contributed by atoms with Crippen molar-refractivity contribution in [3.63, 3.8) is 0 Å². The molecular formula is C25H29N5. The van der Waals surface area contributed by atoms with E-state index in [2.05, 4.69) is 86.4 Å². The van der Waals surface area contributed by atoms with Gasteiger partial charge in [-0.3, -0.25) is 0 Å². The van der Waals surface area contributed by atoms with E-state index in [4.69, 9.17) is 4.98 Å². The van der Waals surface area contributed by atoms with E-state index in [-0.39, 0.29) is 0 Å². The summed E-state index contributed by atoms with van der Waals surface area (Å²) >= 11 is 0. The first-order valence-corrected chi connectivity index (χ1v) is 11.0. The Hall–Kier alpha value is -3.08. The summed E-state index contributed by atoms with van der Waals surface area (Å²) in [4.78, 5) is 16.7. The molecule has 2 aliphatic heterocycles. The second-order valence-corrected chi connectivity index (χ2v) is 8.20. The molecule has 5 nitrogen and oxygen atoms in total. The molecule has 0 atom stereocenters. The Labute approximate surface area is 179 Å². The Balaban J connectivity index is 1.20. The standard InChI is InChI=1S/C25H29N5/c1-3-7-21(8-4-1)22-12-15-30(16-13-22)25-26-14-11-24(27-25)29-19-17-28(18-20-29)23-9-5-2-6-10-23/h1-11,14,22H,12-13,15-20H2. The van der Waals surface area contributed by atoms with E-state index in [0.717, 1.165) is 63.9 Å². The van der Waals surface area contributed by atoms with Crippen molar-refractivity contribution in [1.29, 1.82) is 0 Å². The lowest BCUT2D eigenvalue weighted by molar-refractivity contribution is 0.499. The Kier molecular flexibility index (Phi) is 5.51. The maximum atomic E-state index is 4.94. The normalized spacial score (nSPS) is 17.9. The molecule has 3 aromatic rings. The fourth-order valence-electron chi connectivity index (χ4n) is 4.64. The highest BCUT2D eigenvalue weighted by molar-refractivity contribution is 5.50. The second kappa shape index (κ2) is 8.74. The second-order valence-electron chi connectivity index (χ2n) is 8.20. The minimum Gasteiger partial charge on any atom is -0.368 e. The van der Waals surface area contributed by atoms with Crippen LogP contribution in [-0.2, 0) is 0 Å². The van der Waals surface area contributed by atoms with Crippen molar-refractivity contribution in [3.05, 3.63) is 78.5 Å². The van der Waals surface area contributed by atoms with Crippen LogP contribution in [0.5, 0.6) is 0 Å². The summed E-state index contributed by atoms with van der Waals surface area (Å²) in [6.07, 6.45) is 4.24. The lowest BCUT2D eigenvalue weighted by Crippen LogP contribution is -2.47. The van der Waals surface area contributed by atoms with Crippen molar-refractivity contribution in [1.82, 2.24) is 9.97 Å². The van der Waals surface area contributed by atoms with Crippen LogP contribution >= 0.6 is 0 Å². The quantitative estimate of drug-likeness (QED) is 0.657. The molecule has 0 amide bonds. The molecule has 30 heavy (non-hydrogen) atoms. The highest BCUT2D eigenvalue weighted by Crippen LogP contribution is 2.29. The van der Waals surface area contributed by atoms with Crippen LogP contribution in [0.15, 0.2) is 72.9 Å². The van der Waals surface area contributed by atoms with Crippen molar-refractivity contribution in [2.24, 2.45) is 0 Å². The lowest BCUT2D eigenvalue weighted by Gasteiger charge is -2.37. The van der Waals surface area contributed by atoms with Gasteiger partial charge in [-0.2, -0.15) is 4.98 Å². The number of para-hydroxylation sites is 1. The van der Waals surface area contributed by atoms with Gasteiger partial charge in [0.15, 0.2) is 0 Å². The summed E-state index contributed by atoms with van der Waals surface area (Å²) in [5, 5.41) is 0. The van der Waals surface area contributed by atoms with Gasteiger partial charge in [-0.1, -0.05) is 48.5 Å². The van der Waals surface area contributed by atoms with E-state index < -0.39 is 0 Å². The third-order valence-corrected chi connectivity index (χ3v) is 6.40. The van der Waals surface area contributed by atoms with Crippen molar-refractivity contribution >= 4 is 17.5 Å². The third kappa shape index (κ3) is 4.11. The minimum atomic E-state index is 0.650. The van der Waals surface area contributed by atoms with E-state index in [1.165, 1.54) is 11.3 Å². The highest BCUT2D eigenvalue weighted by atomic mass is 15.3. The number of rotatable bonds is 4. The zero-order valence-electron chi connectivity index (χ0n) is 17.4. The number of hydrogen-bond donors (Lipinski definition) is 0. The Morgan fingerprint density at radius 3 is 1.97 bits per heavy atom. The zero-order chi connectivity index (χ0) is 20.2. The van der Waals surface area contributed by atoms with E-state index in [0.29, 0.717) is 5.92 Å². The first-order valence-electron chi connectivity index (χ1n) is 11.0. The third-order valence-electron chi connectivity index (χ3n) is 6.40. The average Bonchev–Trinajstić information content (AvgIpc) is 2.85. The molecule has 0 radical (unpaired) electrons. The number of hydrogen-bond acceptors (Lipinski definition) is 5. The number of aromatic nitrogens is 2. The van der Waals surface area contributed by atoms with Gasteiger partial charge in [0.05, 0.1) is 0 Å². The summed E-state index contributed by atoms with van der Waals surface area (Å²) < 4.78 is 0. The molecule has 0 bridgehead atoms. The van der Waals surface area contributed by atoms with Crippen molar-refractivity contribution in [2.75, 3.05) is 54.0 Å². The molecule has 2 aromatic carbocycles. The van der Waals surface area contributed by atoms with Gasteiger partial charge in [-0.25, -0.2) is 4.98 Å². The van der Waals surface area contributed by atoms with Crippen molar-refractivity contribution < 1.29 is 0 Å². The predicted octanol–water partition coefficient (Wildman–Crippen LogP) is 4.19. The fourth-order valence-corrected chi connectivity index (χ4v) is 4.64. The monoisotopic (exact) mass is 399 g/mol. The molecule has 0 unspecified atom stereocenters. The molecular weight excluding hydrogens is 370 g/mol. The van der Waals surface area contributed by atoms with Crippen LogP contribution in [0.25, 0.3) is 0 Å². The topological polar surface area (TPSA) is 35.5 Å². The van der Waals surface area contributed by atoms with E-state index in [1.54, 1.807) is 0 Å². The van der Waals surface area contributed by atoms with Gasteiger partial charge in [0.1, 0.15) is 5.82 Å². The van der Waals surface area contributed by atoms with Crippen molar-refractivity contribution in [2.45, 2.75) is 18.8 Å². The summed E-state index contributed by atoms with van der Waals surface area (Å²) in [6, 6.07) is 23.6. The largest absolute Gasteiger partial charge is 0.368 e. The molecule has 5 heteroatoms. The van der Waals surface area contributed by atoms with Gasteiger partial charge in [0.25, 0.3) is 0 Å². The first-order chi connectivity index (χ1) is 14.9. The van der Waals surface area contributed by atoms with Gasteiger partial charge in [-0.15, -0.1) is 0 Å². The molecule has 5 rings (SSSR count). The van der Waals surface area contributed by atoms with Crippen LogP contribution in [0.2, 0.25) is 0 Å². The number of piperazine rings is 1. The van der Waals surface area contributed by atoms with Gasteiger partial charge in [0, 0.05) is 51.2 Å². The van der Waals surface area contributed by atoms with Gasteiger partial charge < -0.3 is 14.7 Å². The Morgan fingerprint density at radius 2 is 1.27 bits per heavy atom. The summed E-state index contributed by atoms with van der Waals surface area (Å²) in [5.74, 6) is 2.58. The van der Waals surface area contributed by atoms with Crippen LogP contribution in [0.1, 0.15) is 24.3 Å². The molecule has 0 aliphatic carbocycles. The molecule has 2 fully saturated rings. The van der Waals surface area contributed by atoms with E-state index in [1.807, 2.05) is 6.20 Å². The van der Waals surface area contributed by atoms with Crippen LogP contribution in [0.3, 0.4) is 0 Å². The Morgan fingerprint density at radius 1 is 0.633 bits per heavy atom. The van der Waals surface area contributed by atoms with E-state index >= 15 is 0 Å². The van der Waals surface area contributed by atoms with Crippen LogP contribution < -0.4 is 14.7 Å². The molecule has 2 saturated heterocycles. The first kappa shape index (κ1) is 18.9. The number of anilines is 3. The van der Waals surface area contributed by atoms with Gasteiger partial charge in [-0.05, 0) is 42.5 Å². The average molecular weight is 400 g/mol. The maximum Gasteiger partial charge on any atom is 0.227 e. The molecule has 0 N–H and O–H groups in total. The SMILES string of the molecule is c1ccc(C2CCN(c3nccc(N4CCN(c5ccccc5)CC4)n3)CC2)cc1. The van der Waals surface area contributed by atoms with Crippen LogP contribution in [0, 0.1) is 0 Å². The Bertz CT molecular complexity index is 855. The summed E-state index contributed by atoms with van der Waals surface area (Å²) in [7, 11) is 0. The molecule has 3 heterocycles. The summed E-state index contributed by atoms with van der Waals surface area (Å²) in [6.45, 7) is 6.05. The van der Waals surface area contributed by atoms with Gasteiger partial charge >= 0.3 is 0 Å². The molecule has 154 valence electrons. The van der Waals surface area contributed by atoms with Crippen molar-refractivity contribution in [3.8, 4) is 0 Å². The van der Waals surface area contributed by atoms with Crippen LogP contribution in [0.4, 0.5) is 17.5 Å². The minimum absolute atomic E-state index is 0.650. The summed E-state index contributed by atoms with van der Waals surface area (Å²) in [5.41, 5.74) is 2.77. The molecule has 2 aliphatic rings. The molecule has 1 aromatic heterocycles.